The van der Waals surface area contributed by atoms with Crippen LogP contribution in [0.15, 0.2) is 24.3 Å². The highest BCUT2D eigenvalue weighted by Gasteiger charge is 2.28. The van der Waals surface area contributed by atoms with E-state index < -0.39 is 12.8 Å². The molecule has 1 aromatic rings. The van der Waals surface area contributed by atoms with Gasteiger partial charge < -0.3 is 14.8 Å². The molecule has 0 aliphatic heterocycles. The lowest BCUT2D eigenvalue weighted by Crippen LogP contribution is -2.28. The minimum atomic E-state index is -4.37. The summed E-state index contributed by atoms with van der Waals surface area (Å²) in [6.07, 6.45) is -4.37. The maximum absolute atomic E-state index is 11.9. The molecule has 0 saturated carbocycles. The number of nitrogens with one attached hydrogen (secondary N) is 1. The van der Waals surface area contributed by atoms with E-state index in [2.05, 4.69) is 10.1 Å². The summed E-state index contributed by atoms with van der Waals surface area (Å²) < 4.78 is 45.4. The molecule has 19 heavy (non-hydrogen) atoms. The first-order valence-electron chi connectivity index (χ1n) is 5.60. The Hall–Kier alpha value is -1.92. The van der Waals surface area contributed by atoms with Gasteiger partial charge in [-0.25, -0.2) is 0 Å². The highest BCUT2D eigenvalue weighted by Crippen LogP contribution is 2.21. The van der Waals surface area contributed by atoms with Gasteiger partial charge in [0, 0.05) is 6.54 Å². The summed E-state index contributed by atoms with van der Waals surface area (Å²) in [5.41, 5.74) is 0. The van der Waals surface area contributed by atoms with Gasteiger partial charge in [0.25, 0.3) is 5.91 Å². The van der Waals surface area contributed by atoms with Crippen LogP contribution >= 0.6 is 0 Å². The Bertz CT molecular complexity index is 404. The number of alkyl halides is 3. The van der Waals surface area contributed by atoms with Crippen molar-refractivity contribution >= 4 is 5.91 Å². The van der Waals surface area contributed by atoms with Gasteiger partial charge in [-0.15, -0.1) is 0 Å². The second-order valence-corrected chi connectivity index (χ2v) is 3.62. The van der Waals surface area contributed by atoms with E-state index >= 15 is 0 Å². The van der Waals surface area contributed by atoms with Gasteiger partial charge in [-0.1, -0.05) is 0 Å². The van der Waals surface area contributed by atoms with Crippen LogP contribution in [0.1, 0.15) is 6.92 Å². The average molecular weight is 277 g/mol. The van der Waals surface area contributed by atoms with Crippen LogP contribution in [0, 0.1) is 0 Å². The molecule has 0 radical (unpaired) electrons. The van der Waals surface area contributed by atoms with Crippen molar-refractivity contribution < 1.29 is 27.4 Å². The lowest BCUT2D eigenvalue weighted by Gasteiger charge is -2.10. The summed E-state index contributed by atoms with van der Waals surface area (Å²) in [5, 5.41) is 2.55. The molecule has 0 heterocycles. The summed E-state index contributed by atoms with van der Waals surface area (Å²) >= 11 is 0. The zero-order valence-corrected chi connectivity index (χ0v) is 10.3. The van der Waals surface area contributed by atoms with Gasteiger partial charge in [-0.2, -0.15) is 13.2 Å². The first-order chi connectivity index (χ1) is 8.90. The minimum absolute atomic E-state index is 0.0858. The van der Waals surface area contributed by atoms with Crippen LogP contribution in [0.2, 0.25) is 0 Å². The topological polar surface area (TPSA) is 47.6 Å². The van der Waals surface area contributed by atoms with Gasteiger partial charge >= 0.3 is 6.18 Å². The number of carbonyl (C=O) groups excluding carboxylic acids is 1. The predicted octanol–water partition coefficient (Wildman–Crippen LogP) is 2.14. The Morgan fingerprint density at radius 1 is 1.16 bits per heavy atom. The standard InChI is InChI=1S/C12H14F3NO3/c1-2-16-11(17)7-18-9-3-5-10(6-4-9)19-8-12(13,14)15/h3-6H,2,7-8H2,1H3,(H,16,17). The van der Waals surface area contributed by atoms with Crippen molar-refractivity contribution in [2.24, 2.45) is 0 Å². The van der Waals surface area contributed by atoms with Gasteiger partial charge in [0.15, 0.2) is 13.2 Å². The molecule has 0 fully saturated rings. The predicted molar refractivity (Wildman–Crippen MR) is 62.2 cm³/mol. The molecule has 1 N–H and O–H groups in total. The summed E-state index contributed by atoms with van der Waals surface area (Å²) in [6.45, 7) is 0.805. The number of likely N-dealkylation sites (N-methyl/N-ethyl adjacent to an activating group) is 1. The van der Waals surface area contributed by atoms with Crippen LogP contribution in [0.3, 0.4) is 0 Å². The molecule has 0 unspecified atom stereocenters. The van der Waals surface area contributed by atoms with E-state index in [0.29, 0.717) is 12.3 Å². The van der Waals surface area contributed by atoms with E-state index in [-0.39, 0.29) is 18.3 Å². The maximum atomic E-state index is 11.9. The Balaban J connectivity index is 2.41. The SMILES string of the molecule is CCNC(=O)COc1ccc(OCC(F)(F)F)cc1. The highest BCUT2D eigenvalue weighted by atomic mass is 19.4. The summed E-state index contributed by atoms with van der Waals surface area (Å²) in [7, 11) is 0. The van der Waals surface area contributed by atoms with E-state index in [0.717, 1.165) is 0 Å². The third kappa shape index (κ3) is 6.54. The molecule has 0 saturated heterocycles. The largest absolute Gasteiger partial charge is 0.484 e. The fourth-order valence-corrected chi connectivity index (χ4v) is 1.19. The summed E-state index contributed by atoms with van der Waals surface area (Å²) in [5.74, 6) is 0.202. The third-order valence-corrected chi connectivity index (χ3v) is 1.97. The molecule has 0 aromatic heterocycles. The van der Waals surface area contributed by atoms with Crippen molar-refractivity contribution in [3.8, 4) is 11.5 Å². The van der Waals surface area contributed by atoms with Crippen molar-refractivity contribution in [2.75, 3.05) is 19.8 Å². The number of rotatable bonds is 6. The van der Waals surface area contributed by atoms with Gasteiger partial charge in [-0.05, 0) is 31.2 Å². The summed E-state index contributed by atoms with van der Waals surface area (Å²) in [4.78, 5) is 11.1. The number of hydrogen-bond acceptors (Lipinski definition) is 3. The van der Waals surface area contributed by atoms with Gasteiger partial charge in [-0.3, -0.25) is 4.79 Å². The lowest BCUT2D eigenvalue weighted by molar-refractivity contribution is -0.153. The Morgan fingerprint density at radius 3 is 2.16 bits per heavy atom. The first kappa shape index (κ1) is 15.1. The monoisotopic (exact) mass is 277 g/mol. The number of ether oxygens (including phenoxy) is 2. The normalized spacial score (nSPS) is 10.9. The van der Waals surface area contributed by atoms with E-state index in [1.807, 2.05) is 0 Å². The van der Waals surface area contributed by atoms with Crippen LogP contribution in [0.25, 0.3) is 0 Å². The van der Waals surface area contributed by atoms with E-state index in [1.54, 1.807) is 6.92 Å². The molecular weight excluding hydrogens is 263 g/mol. The van der Waals surface area contributed by atoms with Crippen molar-refractivity contribution in [3.63, 3.8) is 0 Å². The van der Waals surface area contributed by atoms with E-state index in [4.69, 9.17) is 4.74 Å². The van der Waals surface area contributed by atoms with Gasteiger partial charge in [0.1, 0.15) is 11.5 Å². The van der Waals surface area contributed by atoms with Crippen LogP contribution in [-0.2, 0) is 4.79 Å². The van der Waals surface area contributed by atoms with Crippen molar-refractivity contribution in [1.29, 1.82) is 0 Å². The molecule has 0 atom stereocenters. The highest BCUT2D eigenvalue weighted by molar-refractivity contribution is 5.77. The van der Waals surface area contributed by atoms with Crippen LogP contribution in [-0.4, -0.2) is 31.8 Å². The van der Waals surface area contributed by atoms with Crippen LogP contribution < -0.4 is 14.8 Å². The smallest absolute Gasteiger partial charge is 0.422 e. The Morgan fingerprint density at radius 2 is 1.68 bits per heavy atom. The third-order valence-electron chi connectivity index (χ3n) is 1.97. The number of amides is 1. The molecule has 0 spiro atoms. The molecule has 4 nitrogen and oxygen atoms in total. The Kier molecular flexibility index (Phi) is 5.47. The molecule has 0 aliphatic carbocycles. The molecule has 106 valence electrons. The van der Waals surface area contributed by atoms with Crippen LogP contribution in [0.5, 0.6) is 11.5 Å². The molecule has 0 aliphatic rings. The second kappa shape index (κ2) is 6.86. The van der Waals surface area contributed by atoms with Crippen molar-refractivity contribution in [3.05, 3.63) is 24.3 Å². The number of halogens is 3. The molecular formula is C12H14F3NO3. The molecule has 1 rings (SSSR count). The summed E-state index contributed by atoms with van der Waals surface area (Å²) in [6, 6.07) is 5.56. The number of hydrogen-bond donors (Lipinski definition) is 1. The van der Waals surface area contributed by atoms with E-state index in [9.17, 15) is 18.0 Å². The van der Waals surface area contributed by atoms with Crippen molar-refractivity contribution in [1.82, 2.24) is 5.32 Å². The van der Waals surface area contributed by atoms with E-state index in [1.165, 1.54) is 24.3 Å². The maximum Gasteiger partial charge on any atom is 0.422 e. The second-order valence-electron chi connectivity index (χ2n) is 3.62. The average Bonchev–Trinajstić information content (AvgIpc) is 2.34. The molecule has 7 heteroatoms. The molecule has 1 amide bonds. The number of carbonyl (C=O) groups is 1. The lowest BCUT2D eigenvalue weighted by atomic mass is 10.3. The minimum Gasteiger partial charge on any atom is -0.484 e. The zero-order valence-electron chi connectivity index (χ0n) is 10.3. The quantitative estimate of drug-likeness (QED) is 0.866. The Labute approximate surface area is 108 Å². The fraction of sp³-hybridized carbons (Fsp3) is 0.417. The molecule has 0 bridgehead atoms. The van der Waals surface area contributed by atoms with Gasteiger partial charge in [0.05, 0.1) is 0 Å². The van der Waals surface area contributed by atoms with Crippen molar-refractivity contribution in [2.45, 2.75) is 13.1 Å². The first-order valence-corrected chi connectivity index (χ1v) is 5.60. The fourth-order valence-electron chi connectivity index (χ4n) is 1.19. The van der Waals surface area contributed by atoms with Gasteiger partial charge in [0.2, 0.25) is 0 Å². The molecule has 1 aromatic carbocycles. The number of benzene rings is 1. The zero-order chi connectivity index (χ0) is 14.3. The van der Waals surface area contributed by atoms with Crippen LogP contribution in [0.4, 0.5) is 13.2 Å².